The van der Waals surface area contributed by atoms with E-state index in [9.17, 15) is 14.7 Å². The summed E-state index contributed by atoms with van der Waals surface area (Å²) in [4.78, 5) is 28.6. The third kappa shape index (κ3) is 3.28. The number of carbonyl (C=O) groups excluding carboxylic acids is 1. The fraction of sp³-hybridized carbons (Fsp3) is 0.278. The van der Waals surface area contributed by atoms with Crippen LogP contribution in [0.4, 0.5) is 0 Å². The summed E-state index contributed by atoms with van der Waals surface area (Å²) in [6, 6.07) is 6.39. The van der Waals surface area contributed by atoms with Crippen molar-refractivity contribution in [2.75, 3.05) is 6.61 Å². The van der Waals surface area contributed by atoms with Gasteiger partial charge in [-0.05, 0) is 31.0 Å². The number of fused-ring (bicyclic) bond motifs is 1. The van der Waals surface area contributed by atoms with E-state index in [0.29, 0.717) is 16.8 Å². The zero-order chi connectivity index (χ0) is 18.0. The van der Waals surface area contributed by atoms with Crippen LogP contribution >= 0.6 is 11.3 Å². The molecule has 0 bridgehead atoms. The van der Waals surface area contributed by atoms with E-state index in [2.05, 4.69) is 4.98 Å². The minimum atomic E-state index is -1.32. The molecule has 0 aliphatic rings. The van der Waals surface area contributed by atoms with Gasteiger partial charge < -0.3 is 14.6 Å². The van der Waals surface area contributed by atoms with Gasteiger partial charge >= 0.3 is 0 Å². The standard InChI is InChI=1S/C18H18N2O4S/c1-3-8-24-13-6-4-12(5-7-13)14-9-25-16-15(14)17(21)20(10-19-16)11(2)18(22)23/h4-7,9-11H,3,8H2,1-2H3,(H,22,23)/p-1/t11-/m0/s1. The van der Waals surface area contributed by atoms with Crippen molar-refractivity contribution in [1.82, 2.24) is 9.55 Å². The highest BCUT2D eigenvalue weighted by Crippen LogP contribution is 2.31. The summed E-state index contributed by atoms with van der Waals surface area (Å²) in [7, 11) is 0. The van der Waals surface area contributed by atoms with Crippen molar-refractivity contribution in [3.63, 3.8) is 0 Å². The lowest BCUT2D eigenvalue weighted by Gasteiger charge is -2.15. The lowest BCUT2D eigenvalue weighted by atomic mass is 10.1. The summed E-state index contributed by atoms with van der Waals surface area (Å²) in [5, 5.41) is 13.4. The van der Waals surface area contributed by atoms with Crippen molar-refractivity contribution >= 4 is 27.5 Å². The van der Waals surface area contributed by atoms with Gasteiger partial charge in [0.05, 0.1) is 30.3 Å². The Hall–Kier alpha value is -2.67. The minimum Gasteiger partial charge on any atom is -0.548 e. The molecule has 0 spiro atoms. The summed E-state index contributed by atoms with van der Waals surface area (Å²) in [5.41, 5.74) is 1.21. The Labute approximate surface area is 148 Å². The zero-order valence-electron chi connectivity index (χ0n) is 13.9. The SMILES string of the molecule is CCCOc1ccc(-c2csc3ncn([C@@H](C)C(=O)[O-])c(=O)c23)cc1. The molecule has 7 heteroatoms. The fourth-order valence-corrected chi connectivity index (χ4v) is 3.40. The van der Waals surface area contributed by atoms with Crippen LogP contribution in [0.2, 0.25) is 0 Å². The largest absolute Gasteiger partial charge is 0.548 e. The van der Waals surface area contributed by atoms with Crippen LogP contribution in [0.25, 0.3) is 21.3 Å². The van der Waals surface area contributed by atoms with E-state index in [0.717, 1.165) is 27.9 Å². The molecule has 0 fully saturated rings. The number of carbonyl (C=O) groups is 1. The predicted molar refractivity (Wildman–Crippen MR) is 94.8 cm³/mol. The Balaban J connectivity index is 2.06. The third-order valence-corrected chi connectivity index (χ3v) is 4.80. The van der Waals surface area contributed by atoms with E-state index in [1.165, 1.54) is 24.6 Å². The average molecular weight is 357 g/mol. The summed E-state index contributed by atoms with van der Waals surface area (Å²) in [6.07, 6.45) is 2.19. The molecule has 0 saturated carbocycles. The van der Waals surface area contributed by atoms with E-state index in [-0.39, 0.29) is 5.56 Å². The van der Waals surface area contributed by atoms with E-state index in [4.69, 9.17) is 4.74 Å². The van der Waals surface area contributed by atoms with Gasteiger partial charge in [-0.2, -0.15) is 0 Å². The van der Waals surface area contributed by atoms with Gasteiger partial charge in [0, 0.05) is 10.9 Å². The normalized spacial score (nSPS) is 12.2. The van der Waals surface area contributed by atoms with Crippen LogP contribution < -0.4 is 15.4 Å². The maximum absolute atomic E-state index is 12.8. The number of rotatable bonds is 6. The van der Waals surface area contributed by atoms with Crippen molar-refractivity contribution < 1.29 is 14.6 Å². The molecule has 2 aromatic heterocycles. The van der Waals surface area contributed by atoms with E-state index < -0.39 is 12.0 Å². The first-order chi connectivity index (χ1) is 12.0. The topological polar surface area (TPSA) is 84.2 Å². The number of carboxylic acids is 1. The van der Waals surface area contributed by atoms with Crippen LogP contribution in [0.5, 0.6) is 5.75 Å². The molecule has 3 rings (SSSR count). The van der Waals surface area contributed by atoms with Gasteiger partial charge in [0.1, 0.15) is 10.6 Å². The molecule has 0 aliphatic heterocycles. The Morgan fingerprint density at radius 2 is 2.08 bits per heavy atom. The molecule has 25 heavy (non-hydrogen) atoms. The predicted octanol–water partition coefficient (Wildman–Crippen LogP) is 2.22. The molecule has 2 heterocycles. The molecule has 6 nitrogen and oxygen atoms in total. The van der Waals surface area contributed by atoms with Crippen LogP contribution in [-0.4, -0.2) is 22.1 Å². The van der Waals surface area contributed by atoms with Crippen molar-refractivity contribution in [3.05, 3.63) is 46.3 Å². The van der Waals surface area contributed by atoms with Gasteiger partial charge in [0.15, 0.2) is 0 Å². The van der Waals surface area contributed by atoms with Crippen molar-refractivity contribution in [2.24, 2.45) is 0 Å². The summed E-state index contributed by atoms with van der Waals surface area (Å²) in [5.74, 6) is -0.552. The Bertz CT molecular complexity index is 959. The van der Waals surface area contributed by atoms with Crippen LogP contribution in [-0.2, 0) is 4.79 Å². The number of nitrogens with zero attached hydrogens (tertiary/aromatic N) is 2. The second-order valence-electron chi connectivity index (χ2n) is 5.65. The number of aliphatic carboxylic acids is 1. The number of benzene rings is 1. The van der Waals surface area contributed by atoms with Gasteiger partial charge in [-0.3, -0.25) is 9.36 Å². The maximum atomic E-state index is 12.8. The third-order valence-electron chi connectivity index (χ3n) is 3.92. The van der Waals surface area contributed by atoms with Gasteiger partial charge in [0.25, 0.3) is 5.56 Å². The number of hydrogen-bond acceptors (Lipinski definition) is 6. The molecule has 3 aromatic rings. The Morgan fingerprint density at radius 1 is 1.36 bits per heavy atom. The van der Waals surface area contributed by atoms with Crippen LogP contribution in [0, 0.1) is 0 Å². The van der Waals surface area contributed by atoms with Crippen molar-refractivity contribution in [1.29, 1.82) is 0 Å². The molecular weight excluding hydrogens is 340 g/mol. The van der Waals surface area contributed by atoms with Gasteiger partial charge in [-0.1, -0.05) is 19.1 Å². The Kier molecular flexibility index (Phi) is 4.85. The van der Waals surface area contributed by atoms with Crippen molar-refractivity contribution in [3.8, 4) is 16.9 Å². The number of ether oxygens (including phenoxy) is 1. The van der Waals surface area contributed by atoms with E-state index in [1.54, 1.807) is 0 Å². The first kappa shape index (κ1) is 17.2. The van der Waals surface area contributed by atoms with Gasteiger partial charge in [-0.15, -0.1) is 11.3 Å². The quantitative estimate of drug-likeness (QED) is 0.675. The molecule has 1 aromatic carbocycles. The van der Waals surface area contributed by atoms with E-state index >= 15 is 0 Å². The fourth-order valence-electron chi connectivity index (χ4n) is 2.50. The molecule has 0 N–H and O–H groups in total. The number of carboxylic acid groups (broad SMARTS) is 1. The first-order valence-corrected chi connectivity index (χ1v) is 8.83. The highest BCUT2D eigenvalue weighted by Gasteiger charge is 2.16. The summed E-state index contributed by atoms with van der Waals surface area (Å²) in [6.45, 7) is 4.09. The highest BCUT2D eigenvalue weighted by atomic mass is 32.1. The lowest BCUT2D eigenvalue weighted by Crippen LogP contribution is -2.36. The average Bonchev–Trinajstić information content (AvgIpc) is 3.05. The first-order valence-electron chi connectivity index (χ1n) is 7.95. The molecular formula is C18H17N2O4S-. The van der Waals surface area contributed by atoms with Crippen LogP contribution in [0.15, 0.2) is 40.8 Å². The molecule has 0 aliphatic carbocycles. The molecule has 0 amide bonds. The Morgan fingerprint density at radius 3 is 2.72 bits per heavy atom. The smallest absolute Gasteiger partial charge is 0.263 e. The minimum absolute atomic E-state index is 0.385. The summed E-state index contributed by atoms with van der Waals surface area (Å²) >= 11 is 1.35. The van der Waals surface area contributed by atoms with Crippen molar-refractivity contribution in [2.45, 2.75) is 26.3 Å². The highest BCUT2D eigenvalue weighted by molar-refractivity contribution is 7.17. The molecule has 1 atom stereocenters. The molecule has 0 unspecified atom stereocenters. The monoisotopic (exact) mass is 357 g/mol. The maximum Gasteiger partial charge on any atom is 0.263 e. The molecule has 0 saturated heterocycles. The zero-order valence-corrected chi connectivity index (χ0v) is 14.7. The number of hydrogen-bond donors (Lipinski definition) is 0. The van der Waals surface area contributed by atoms with Gasteiger partial charge in [-0.25, -0.2) is 4.98 Å². The van der Waals surface area contributed by atoms with Crippen LogP contribution in [0.3, 0.4) is 0 Å². The van der Waals surface area contributed by atoms with Crippen LogP contribution in [0.1, 0.15) is 26.3 Å². The second-order valence-corrected chi connectivity index (χ2v) is 6.51. The van der Waals surface area contributed by atoms with Gasteiger partial charge in [0.2, 0.25) is 0 Å². The molecule has 0 radical (unpaired) electrons. The van der Waals surface area contributed by atoms with E-state index in [1.807, 2.05) is 36.6 Å². The number of aromatic nitrogens is 2. The summed E-state index contributed by atoms with van der Waals surface area (Å²) < 4.78 is 6.66. The number of thiophene rings is 1. The lowest BCUT2D eigenvalue weighted by molar-refractivity contribution is -0.309. The second kappa shape index (κ2) is 7.06. The molecule has 130 valence electrons.